The Morgan fingerprint density at radius 2 is 1.79 bits per heavy atom. The second kappa shape index (κ2) is 9.21. The largest absolute Gasteiger partial charge is 0.480 e. The molecule has 0 aliphatic carbocycles. The number of carboxylic acids is 1. The summed E-state index contributed by atoms with van der Waals surface area (Å²) < 4.78 is 1.37. The zero-order valence-electron chi connectivity index (χ0n) is 17.5. The fraction of sp³-hybridized carbons (Fsp3) is 0.227. The van der Waals surface area contributed by atoms with Crippen molar-refractivity contribution in [1.29, 1.82) is 0 Å². The molecule has 1 aromatic heterocycles. The number of amides is 2. The minimum atomic E-state index is -1.18. The van der Waals surface area contributed by atoms with Crippen LogP contribution in [-0.4, -0.2) is 61.9 Å². The minimum Gasteiger partial charge on any atom is -0.480 e. The van der Waals surface area contributed by atoms with E-state index in [1.807, 2.05) is 31.2 Å². The molecule has 0 saturated carbocycles. The molecule has 1 N–H and O–H groups in total. The summed E-state index contributed by atoms with van der Waals surface area (Å²) in [4.78, 5) is 40.5. The first kappa shape index (κ1) is 22.8. The van der Waals surface area contributed by atoms with Crippen LogP contribution in [0.2, 0.25) is 10.2 Å². The molecule has 2 heterocycles. The average Bonchev–Trinajstić information content (AvgIpc) is 3.20. The van der Waals surface area contributed by atoms with Gasteiger partial charge in [0.05, 0.1) is 17.6 Å². The van der Waals surface area contributed by atoms with E-state index in [0.29, 0.717) is 16.4 Å². The van der Waals surface area contributed by atoms with Gasteiger partial charge in [-0.05, 0) is 30.7 Å². The van der Waals surface area contributed by atoms with E-state index in [2.05, 4.69) is 10.3 Å². The van der Waals surface area contributed by atoms with Crippen LogP contribution in [0.5, 0.6) is 0 Å². The van der Waals surface area contributed by atoms with Gasteiger partial charge in [-0.3, -0.25) is 14.5 Å². The summed E-state index contributed by atoms with van der Waals surface area (Å²) in [7, 11) is 0. The van der Waals surface area contributed by atoms with Crippen molar-refractivity contribution in [3.8, 4) is 5.69 Å². The van der Waals surface area contributed by atoms with Crippen molar-refractivity contribution in [3.63, 3.8) is 0 Å². The van der Waals surface area contributed by atoms with Crippen molar-refractivity contribution in [3.05, 3.63) is 70.0 Å². The van der Waals surface area contributed by atoms with E-state index in [-0.39, 0.29) is 24.7 Å². The van der Waals surface area contributed by atoms with Gasteiger partial charge in [0, 0.05) is 11.4 Å². The lowest BCUT2D eigenvalue weighted by Crippen LogP contribution is -2.59. The Hall–Kier alpha value is -3.43. The van der Waals surface area contributed by atoms with Crippen LogP contribution in [-0.2, 0) is 20.8 Å². The number of benzene rings is 2. The van der Waals surface area contributed by atoms with E-state index in [0.717, 1.165) is 16.0 Å². The van der Waals surface area contributed by atoms with Gasteiger partial charge in [0.1, 0.15) is 19.1 Å². The van der Waals surface area contributed by atoms with E-state index in [4.69, 9.17) is 23.2 Å². The molecule has 1 fully saturated rings. The van der Waals surface area contributed by atoms with Crippen molar-refractivity contribution in [1.82, 2.24) is 19.9 Å². The molecule has 0 bridgehead atoms. The van der Waals surface area contributed by atoms with Crippen LogP contribution in [0.1, 0.15) is 11.1 Å². The number of rotatable bonds is 6. The Morgan fingerprint density at radius 3 is 2.42 bits per heavy atom. The van der Waals surface area contributed by atoms with Crippen LogP contribution in [0, 0.1) is 6.92 Å². The van der Waals surface area contributed by atoms with Gasteiger partial charge in [-0.2, -0.15) is 0 Å². The molecule has 0 radical (unpaired) electrons. The summed E-state index contributed by atoms with van der Waals surface area (Å²) in [6.45, 7) is 1.20. The van der Waals surface area contributed by atoms with Crippen LogP contribution in [0.15, 0.2) is 48.7 Å². The Balaban J connectivity index is 1.61. The fourth-order valence-corrected chi connectivity index (χ4v) is 3.98. The number of halogens is 2. The predicted molar refractivity (Wildman–Crippen MR) is 122 cm³/mol. The van der Waals surface area contributed by atoms with Crippen LogP contribution >= 0.6 is 23.2 Å². The number of nitrogens with zero attached hydrogens (tertiary/aromatic N) is 5. The summed E-state index contributed by atoms with van der Waals surface area (Å²) in [6, 6.07) is 11.0. The summed E-state index contributed by atoms with van der Waals surface area (Å²) >= 11 is 12.0. The van der Waals surface area contributed by atoms with Gasteiger partial charge in [0.15, 0.2) is 5.15 Å². The first-order valence-corrected chi connectivity index (χ1v) is 10.7. The monoisotopic (exact) mass is 487 g/mol. The quantitative estimate of drug-likeness (QED) is 0.572. The lowest BCUT2D eigenvalue weighted by Gasteiger charge is -2.37. The van der Waals surface area contributed by atoms with Crippen molar-refractivity contribution >= 4 is 46.7 Å². The number of carbonyl (C=O) groups excluding carboxylic acids is 2. The third-order valence-electron chi connectivity index (χ3n) is 5.37. The summed E-state index contributed by atoms with van der Waals surface area (Å²) in [5.74, 6) is -2.11. The third-order valence-corrected chi connectivity index (χ3v) is 5.78. The molecule has 33 heavy (non-hydrogen) atoms. The molecule has 2 aromatic carbocycles. The maximum Gasteiger partial charge on any atom is 0.326 e. The first-order valence-electron chi connectivity index (χ1n) is 9.99. The number of aliphatic carboxylic acids is 1. The molecule has 0 spiro atoms. The highest BCUT2D eigenvalue weighted by molar-refractivity contribution is 6.31. The molecule has 9 nitrogen and oxygen atoms in total. The van der Waals surface area contributed by atoms with Gasteiger partial charge < -0.3 is 10.0 Å². The average molecular weight is 488 g/mol. The maximum atomic E-state index is 13.1. The van der Waals surface area contributed by atoms with Gasteiger partial charge in [-0.15, -0.1) is 5.10 Å². The molecule has 1 aliphatic heterocycles. The number of hydrogen-bond acceptors (Lipinski definition) is 5. The highest BCUT2D eigenvalue weighted by Crippen LogP contribution is 2.30. The minimum absolute atomic E-state index is 0.0918. The number of anilines is 1. The molecule has 4 rings (SSSR count). The van der Waals surface area contributed by atoms with Crippen molar-refractivity contribution in [2.45, 2.75) is 19.4 Å². The summed E-state index contributed by atoms with van der Waals surface area (Å²) in [5.41, 5.74) is 2.59. The van der Waals surface area contributed by atoms with E-state index in [1.54, 1.807) is 12.1 Å². The SMILES string of the molecule is Cc1ccc(CC(C(=O)O)N2CC(=O)N(c3cc(Cl)ccc3-n3cc(Cl)nn3)CC2=O)cc1. The van der Waals surface area contributed by atoms with E-state index < -0.39 is 23.8 Å². The third kappa shape index (κ3) is 4.84. The fourth-order valence-electron chi connectivity index (χ4n) is 3.68. The number of aryl methyl sites for hydroxylation is 1. The van der Waals surface area contributed by atoms with Crippen LogP contribution in [0.4, 0.5) is 5.69 Å². The lowest BCUT2D eigenvalue weighted by molar-refractivity contribution is -0.152. The van der Waals surface area contributed by atoms with Crippen LogP contribution in [0.3, 0.4) is 0 Å². The van der Waals surface area contributed by atoms with Crippen molar-refractivity contribution < 1.29 is 19.5 Å². The molecule has 3 aromatic rings. The highest BCUT2D eigenvalue weighted by atomic mass is 35.5. The van der Waals surface area contributed by atoms with Gasteiger partial charge in [-0.25, -0.2) is 9.48 Å². The van der Waals surface area contributed by atoms with E-state index in [1.165, 1.54) is 21.8 Å². The lowest BCUT2D eigenvalue weighted by atomic mass is 10.0. The van der Waals surface area contributed by atoms with Gasteiger partial charge in [-0.1, -0.05) is 58.2 Å². The Kier molecular flexibility index (Phi) is 6.35. The topological polar surface area (TPSA) is 109 Å². The number of carboxylic acid groups (broad SMARTS) is 1. The molecular weight excluding hydrogens is 469 g/mol. The first-order chi connectivity index (χ1) is 15.7. The number of piperazine rings is 1. The molecule has 1 atom stereocenters. The molecule has 170 valence electrons. The number of aromatic nitrogens is 3. The molecular formula is C22H19Cl2N5O4. The van der Waals surface area contributed by atoms with Crippen molar-refractivity contribution in [2.75, 3.05) is 18.0 Å². The van der Waals surface area contributed by atoms with Crippen LogP contribution in [0.25, 0.3) is 5.69 Å². The highest BCUT2D eigenvalue weighted by Gasteiger charge is 2.38. The van der Waals surface area contributed by atoms with E-state index in [9.17, 15) is 19.5 Å². The molecule has 1 saturated heterocycles. The zero-order valence-corrected chi connectivity index (χ0v) is 19.0. The van der Waals surface area contributed by atoms with E-state index >= 15 is 0 Å². The maximum absolute atomic E-state index is 13.1. The Labute approximate surface area is 199 Å². The second-order valence-corrected chi connectivity index (χ2v) is 8.49. The Bertz CT molecular complexity index is 1230. The van der Waals surface area contributed by atoms with Gasteiger partial charge in [0.25, 0.3) is 0 Å². The molecule has 11 heteroatoms. The van der Waals surface area contributed by atoms with Crippen molar-refractivity contribution in [2.24, 2.45) is 0 Å². The summed E-state index contributed by atoms with van der Waals surface area (Å²) in [5, 5.41) is 18.0. The smallest absolute Gasteiger partial charge is 0.326 e. The molecule has 2 amide bonds. The van der Waals surface area contributed by atoms with Gasteiger partial charge in [0.2, 0.25) is 11.8 Å². The summed E-state index contributed by atoms with van der Waals surface area (Å²) in [6.07, 6.45) is 1.55. The predicted octanol–water partition coefficient (Wildman–Crippen LogP) is 2.75. The zero-order chi connectivity index (χ0) is 23.7. The Morgan fingerprint density at radius 1 is 1.06 bits per heavy atom. The normalized spacial score (nSPS) is 15.1. The molecule has 1 aliphatic rings. The number of hydrogen-bond donors (Lipinski definition) is 1. The van der Waals surface area contributed by atoms with Crippen LogP contribution < -0.4 is 4.90 Å². The second-order valence-electron chi connectivity index (χ2n) is 7.66. The van der Waals surface area contributed by atoms with Gasteiger partial charge >= 0.3 is 5.97 Å². The molecule has 1 unspecified atom stereocenters. The standard InChI is InChI=1S/C22H19Cl2N5O4/c1-13-2-4-14(5-3-13)8-18(22(32)33)28-12-20(30)27(11-21(28)31)17-9-15(23)6-7-16(17)29-10-19(24)25-26-29/h2-7,9-10,18H,8,11-12H2,1H3,(H,32,33). The number of carbonyl (C=O) groups is 3.